The average molecular weight is 378 g/mol. The third-order valence-electron chi connectivity index (χ3n) is 6.98. The molecule has 2 aliphatic carbocycles. The minimum Gasteiger partial charge on any atom is -0.394 e. The molecule has 0 unspecified atom stereocenters. The van der Waals surface area contributed by atoms with E-state index in [1.807, 2.05) is 49.1 Å². The lowest BCUT2D eigenvalue weighted by atomic mass is 9.55. The molecule has 0 aromatic heterocycles. The number of benzene rings is 2. The number of fused-ring (bicyclic) bond motifs is 4. The fourth-order valence-electron chi connectivity index (χ4n) is 5.73. The summed E-state index contributed by atoms with van der Waals surface area (Å²) >= 11 is 0. The Kier molecular flexibility index (Phi) is 5.29. The van der Waals surface area contributed by atoms with Crippen LogP contribution in [0.3, 0.4) is 0 Å². The number of nitrogens with zero attached hydrogens (tertiary/aromatic N) is 1. The first kappa shape index (κ1) is 19.2. The first-order chi connectivity index (χ1) is 13.7. The van der Waals surface area contributed by atoms with Crippen LogP contribution in [0.2, 0.25) is 0 Å². The first-order valence-electron chi connectivity index (χ1n) is 10.8. The lowest BCUT2D eigenvalue weighted by Crippen LogP contribution is -2.44. The van der Waals surface area contributed by atoms with E-state index in [1.54, 1.807) is 0 Å². The van der Waals surface area contributed by atoms with E-state index in [-0.39, 0.29) is 24.6 Å². The van der Waals surface area contributed by atoms with Crippen LogP contribution in [0.25, 0.3) is 0 Å². The number of likely N-dealkylation sites (tertiary alicyclic amines) is 1. The standard InChI is InChI=1S/C23H25NO2.C2H6/c25-15-20(16-7-2-1-3-8-16)24-21(26)13-17-14-23(11-6-12-23)19-10-5-4-9-18(19)22(17)24;1-2/h1-5,7-10,17,20,22,25H,6,11-15H2;1-2H3/t17-,20+,22-;/m0./s1. The molecule has 3 aliphatic rings. The zero-order chi connectivity index (χ0) is 19.7. The highest BCUT2D eigenvalue weighted by molar-refractivity contribution is 5.81. The molecule has 2 aromatic rings. The number of aliphatic hydroxyl groups excluding tert-OH is 1. The van der Waals surface area contributed by atoms with E-state index in [0.717, 1.165) is 12.0 Å². The highest BCUT2D eigenvalue weighted by Crippen LogP contribution is 2.60. The molecule has 2 aromatic carbocycles. The van der Waals surface area contributed by atoms with Gasteiger partial charge in [-0.2, -0.15) is 0 Å². The summed E-state index contributed by atoms with van der Waals surface area (Å²) in [5, 5.41) is 10.2. The Morgan fingerprint density at radius 2 is 1.75 bits per heavy atom. The second-order valence-electron chi connectivity index (χ2n) is 8.24. The Morgan fingerprint density at radius 1 is 1.07 bits per heavy atom. The van der Waals surface area contributed by atoms with Crippen LogP contribution in [0, 0.1) is 5.92 Å². The average Bonchev–Trinajstić information content (AvgIpc) is 3.05. The van der Waals surface area contributed by atoms with Crippen LogP contribution in [-0.4, -0.2) is 22.5 Å². The van der Waals surface area contributed by atoms with Gasteiger partial charge in [0.2, 0.25) is 5.91 Å². The summed E-state index contributed by atoms with van der Waals surface area (Å²) in [7, 11) is 0. The minimum absolute atomic E-state index is 0.0354. The number of aliphatic hydroxyl groups is 1. The van der Waals surface area contributed by atoms with E-state index >= 15 is 0 Å². The third-order valence-corrected chi connectivity index (χ3v) is 6.98. The molecule has 28 heavy (non-hydrogen) atoms. The highest BCUT2D eigenvalue weighted by atomic mass is 16.3. The lowest BCUT2D eigenvalue weighted by molar-refractivity contribution is -0.132. The number of hydrogen-bond donors (Lipinski definition) is 1. The number of amides is 1. The van der Waals surface area contributed by atoms with Crippen molar-refractivity contribution in [2.75, 3.05) is 6.61 Å². The number of rotatable bonds is 3. The van der Waals surface area contributed by atoms with Gasteiger partial charge in [0.25, 0.3) is 0 Å². The quantitative estimate of drug-likeness (QED) is 0.802. The summed E-state index contributed by atoms with van der Waals surface area (Å²) in [4.78, 5) is 15.0. The molecule has 3 nitrogen and oxygen atoms in total. The molecule has 1 saturated carbocycles. The maximum atomic E-state index is 13.1. The van der Waals surface area contributed by atoms with Gasteiger partial charge < -0.3 is 10.0 Å². The molecule has 3 heteroatoms. The van der Waals surface area contributed by atoms with E-state index < -0.39 is 0 Å². The van der Waals surface area contributed by atoms with Gasteiger partial charge in [-0.3, -0.25) is 4.79 Å². The van der Waals surface area contributed by atoms with Crippen molar-refractivity contribution in [1.29, 1.82) is 0 Å². The molecule has 1 N–H and O–H groups in total. The van der Waals surface area contributed by atoms with Crippen molar-refractivity contribution in [3.05, 3.63) is 71.3 Å². The van der Waals surface area contributed by atoms with Gasteiger partial charge in [-0.15, -0.1) is 0 Å². The molecule has 1 aliphatic heterocycles. The van der Waals surface area contributed by atoms with Crippen LogP contribution in [0.15, 0.2) is 54.6 Å². The number of carbonyl (C=O) groups excluding carboxylic acids is 1. The van der Waals surface area contributed by atoms with Crippen molar-refractivity contribution in [1.82, 2.24) is 4.90 Å². The largest absolute Gasteiger partial charge is 0.394 e. The van der Waals surface area contributed by atoms with E-state index in [4.69, 9.17) is 0 Å². The molecule has 1 heterocycles. The minimum atomic E-state index is -0.262. The van der Waals surface area contributed by atoms with Crippen molar-refractivity contribution in [3.8, 4) is 0 Å². The Morgan fingerprint density at radius 3 is 2.39 bits per heavy atom. The van der Waals surface area contributed by atoms with E-state index in [0.29, 0.717) is 17.8 Å². The predicted octanol–water partition coefficient (Wildman–Crippen LogP) is 5.16. The molecule has 148 valence electrons. The van der Waals surface area contributed by atoms with Crippen LogP contribution >= 0.6 is 0 Å². The van der Waals surface area contributed by atoms with Gasteiger partial charge in [-0.25, -0.2) is 0 Å². The van der Waals surface area contributed by atoms with Crippen LogP contribution in [0.1, 0.15) is 74.7 Å². The Bertz CT molecular complexity index is 827. The van der Waals surface area contributed by atoms with Crippen molar-refractivity contribution >= 4 is 5.91 Å². The molecule has 1 amide bonds. The van der Waals surface area contributed by atoms with Crippen molar-refractivity contribution in [2.45, 2.75) is 63.5 Å². The second kappa shape index (κ2) is 7.71. The molecule has 1 spiro atoms. The highest BCUT2D eigenvalue weighted by Gasteiger charge is 2.54. The van der Waals surface area contributed by atoms with E-state index in [1.165, 1.54) is 30.4 Å². The summed E-state index contributed by atoms with van der Waals surface area (Å²) < 4.78 is 0. The summed E-state index contributed by atoms with van der Waals surface area (Å²) in [5.41, 5.74) is 4.10. The Hall–Kier alpha value is -2.13. The summed E-state index contributed by atoms with van der Waals surface area (Å²) in [6.07, 6.45) is 5.54. The summed E-state index contributed by atoms with van der Waals surface area (Å²) in [6, 6.07) is 18.5. The Balaban J connectivity index is 0.000000932. The zero-order valence-electron chi connectivity index (χ0n) is 17.0. The monoisotopic (exact) mass is 377 g/mol. The number of carbonyl (C=O) groups is 1. The normalized spacial score (nSPS) is 25.2. The maximum absolute atomic E-state index is 13.1. The van der Waals surface area contributed by atoms with Gasteiger partial charge >= 0.3 is 0 Å². The maximum Gasteiger partial charge on any atom is 0.224 e. The SMILES string of the molecule is CC.O=C1C[C@H]2CC3(CCC3)c3ccccc3[C@H]2N1[C@H](CO)c1ccccc1. The van der Waals surface area contributed by atoms with Gasteiger partial charge in [0.15, 0.2) is 0 Å². The summed E-state index contributed by atoms with van der Waals surface area (Å²) in [5.74, 6) is 0.560. The predicted molar refractivity (Wildman–Crippen MR) is 112 cm³/mol. The van der Waals surface area contributed by atoms with Crippen LogP contribution in [-0.2, 0) is 10.2 Å². The molecular weight excluding hydrogens is 346 g/mol. The zero-order valence-corrected chi connectivity index (χ0v) is 17.0. The molecule has 0 bridgehead atoms. The first-order valence-corrected chi connectivity index (χ1v) is 10.8. The van der Waals surface area contributed by atoms with Crippen molar-refractivity contribution in [3.63, 3.8) is 0 Å². The lowest BCUT2D eigenvalue weighted by Gasteiger charge is -2.51. The number of hydrogen-bond acceptors (Lipinski definition) is 2. The fraction of sp³-hybridized carbons (Fsp3) is 0.480. The van der Waals surface area contributed by atoms with Crippen molar-refractivity contribution in [2.24, 2.45) is 5.92 Å². The van der Waals surface area contributed by atoms with E-state index in [9.17, 15) is 9.90 Å². The van der Waals surface area contributed by atoms with Gasteiger partial charge in [-0.1, -0.05) is 74.9 Å². The summed E-state index contributed by atoms with van der Waals surface area (Å²) in [6.45, 7) is 3.96. The van der Waals surface area contributed by atoms with Gasteiger partial charge in [-0.05, 0) is 47.3 Å². The molecule has 1 saturated heterocycles. The molecular formula is C25H31NO2. The van der Waals surface area contributed by atoms with Gasteiger partial charge in [0.1, 0.15) is 0 Å². The van der Waals surface area contributed by atoms with Crippen LogP contribution < -0.4 is 0 Å². The smallest absolute Gasteiger partial charge is 0.224 e. The van der Waals surface area contributed by atoms with E-state index in [2.05, 4.69) is 24.3 Å². The van der Waals surface area contributed by atoms with Crippen LogP contribution in [0.4, 0.5) is 0 Å². The molecule has 5 rings (SSSR count). The molecule has 2 fully saturated rings. The Labute approximate surface area is 168 Å². The fourth-order valence-corrected chi connectivity index (χ4v) is 5.73. The third kappa shape index (κ3) is 2.88. The second-order valence-corrected chi connectivity index (χ2v) is 8.24. The molecule has 3 atom stereocenters. The van der Waals surface area contributed by atoms with Gasteiger partial charge in [0, 0.05) is 6.42 Å². The topological polar surface area (TPSA) is 40.5 Å². The molecule has 0 radical (unpaired) electrons. The van der Waals surface area contributed by atoms with Crippen molar-refractivity contribution < 1.29 is 9.90 Å². The van der Waals surface area contributed by atoms with Gasteiger partial charge in [0.05, 0.1) is 18.7 Å². The van der Waals surface area contributed by atoms with Crippen LogP contribution in [0.5, 0.6) is 0 Å².